The zero-order valence-corrected chi connectivity index (χ0v) is 18.7. The summed E-state index contributed by atoms with van der Waals surface area (Å²) in [5.41, 5.74) is 1.08. The van der Waals surface area contributed by atoms with Crippen molar-refractivity contribution in [2.24, 2.45) is 0 Å². The van der Waals surface area contributed by atoms with Crippen LogP contribution in [-0.2, 0) is 22.6 Å². The van der Waals surface area contributed by atoms with Gasteiger partial charge in [-0.3, -0.25) is 9.59 Å². The number of carbonyl (C=O) groups excluding carboxylic acids is 2. The molecule has 4 aromatic rings. The van der Waals surface area contributed by atoms with Gasteiger partial charge in [0, 0.05) is 34.0 Å². The third-order valence-corrected chi connectivity index (χ3v) is 5.39. The zero-order chi connectivity index (χ0) is 24.2. The van der Waals surface area contributed by atoms with Crippen LogP contribution in [0.15, 0.2) is 73.0 Å². The molecule has 174 valence electrons. The molecule has 0 aliphatic heterocycles. The highest BCUT2D eigenvalue weighted by Gasteiger charge is 2.25. The maximum atomic E-state index is 13.0. The van der Waals surface area contributed by atoms with Crippen LogP contribution in [0.4, 0.5) is 0 Å². The molecule has 4 rings (SSSR count). The molecular weight excluding hydrogens is 464 g/mol. The molecule has 1 atom stereocenters. The van der Waals surface area contributed by atoms with Gasteiger partial charge in [0.2, 0.25) is 5.56 Å². The molecule has 0 saturated heterocycles. The van der Waals surface area contributed by atoms with E-state index in [0.717, 1.165) is 5.39 Å². The van der Waals surface area contributed by atoms with Crippen LogP contribution in [0.1, 0.15) is 27.4 Å². The predicted octanol–water partition coefficient (Wildman–Crippen LogP) is 3.12. The molecule has 0 spiro atoms. The Morgan fingerprint density at radius 1 is 1.09 bits per heavy atom. The van der Waals surface area contributed by atoms with Crippen LogP contribution in [0.25, 0.3) is 10.9 Å². The summed E-state index contributed by atoms with van der Waals surface area (Å²) in [4.78, 5) is 51.9. The van der Waals surface area contributed by atoms with Crippen molar-refractivity contribution in [1.82, 2.24) is 10.3 Å². The van der Waals surface area contributed by atoms with E-state index in [0.29, 0.717) is 16.1 Å². The third-order valence-electron chi connectivity index (χ3n) is 5.14. The van der Waals surface area contributed by atoms with E-state index in [1.165, 1.54) is 25.1 Å². The summed E-state index contributed by atoms with van der Waals surface area (Å²) in [5.74, 6) is -1.98. The van der Waals surface area contributed by atoms with E-state index in [9.17, 15) is 19.2 Å². The molecule has 0 fully saturated rings. The van der Waals surface area contributed by atoms with Gasteiger partial charge < -0.3 is 23.9 Å². The van der Waals surface area contributed by atoms with Crippen LogP contribution in [-0.4, -0.2) is 22.9 Å². The smallest absolute Gasteiger partial charge is 0.456 e. The molecule has 0 aliphatic carbocycles. The summed E-state index contributed by atoms with van der Waals surface area (Å²) in [6, 6.07) is 13.5. The summed E-state index contributed by atoms with van der Waals surface area (Å²) >= 11 is 5.89. The number of esters is 1. The van der Waals surface area contributed by atoms with Crippen LogP contribution in [0.5, 0.6) is 0 Å². The number of pyridine rings is 1. The highest BCUT2D eigenvalue weighted by Crippen LogP contribution is 2.18. The number of benzene rings is 2. The first-order chi connectivity index (χ1) is 16.3. The van der Waals surface area contributed by atoms with Crippen molar-refractivity contribution in [1.29, 1.82) is 0 Å². The molecule has 9 nitrogen and oxygen atoms in total. The van der Waals surface area contributed by atoms with Crippen molar-refractivity contribution >= 4 is 34.4 Å². The number of amides is 1. The number of aryl methyl sites for hydroxylation is 1. The number of hydrogen-bond donors (Lipinski definition) is 2. The summed E-state index contributed by atoms with van der Waals surface area (Å²) in [7, 11) is 0. The molecule has 1 unspecified atom stereocenters. The molecule has 2 N–H and O–H groups in total. The fourth-order valence-electron chi connectivity index (χ4n) is 3.45. The lowest BCUT2D eigenvalue weighted by Gasteiger charge is -2.18. The molecule has 0 aliphatic rings. The Balaban J connectivity index is 1.62. The summed E-state index contributed by atoms with van der Waals surface area (Å²) < 4.78 is 14.9. The third kappa shape index (κ3) is 5.26. The van der Waals surface area contributed by atoms with Gasteiger partial charge in [-0.2, -0.15) is 0 Å². The van der Waals surface area contributed by atoms with E-state index in [1.54, 1.807) is 36.4 Å². The Labute approximate surface area is 197 Å². The number of halogens is 1. The van der Waals surface area contributed by atoms with Crippen molar-refractivity contribution in [2.45, 2.75) is 26.0 Å². The predicted molar refractivity (Wildman–Crippen MR) is 123 cm³/mol. The van der Waals surface area contributed by atoms with Gasteiger partial charge >= 0.3 is 11.8 Å². The Morgan fingerprint density at radius 3 is 2.53 bits per heavy atom. The normalized spacial score (nSPS) is 11.8. The first kappa shape index (κ1) is 23.1. The minimum absolute atomic E-state index is 0.0170. The maximum Gasteiger partial charge on any atom is 0.519 e. The van der Waals surface area contributed by atoms with Gasteiger partial charge in [-0.25, -0.2) is 9.59 Å². The topological polar surface area (TPSA) is 132 Å². The molecule has 10 heteroatoms. The number of carbonyl (C=O) groups is 2. The first-order valence-electron chi connectivity index (χ1n) is 10.2. The second kappa shape index (κ2) is 9.80. The molecule has 0 saturated carbocycles. The largest absolute Gasteiger partial charge is 0.519 e. The maximum absolute atomic E-state index is 13.0. The minimum atomic E-state index is -1.15. The van der Waals surface area contributed by atoms with Gasteiger partial charge in [0.05, 0.1) is 0 Å². The van der Waals surface area contributed by atoms with Gasteiger partial charge in [-0.15, -0.1) is 0 Å². The number of aromatic nitrogens is 1. The molecule has 0 radical (unpaired) electrons. The van der Waals surface area contributed by atoms with Gasteiger partial charge in [0.15, 0.2) is 18.1 Å². The highest BCUT2D eigenvalue weighted by molar-refractivity contribution is 6.30. The fourth-order valence-corrected chi connectivity index (χ4v) is 3.57. The van der Waals surface area contributed by atoms with E-state index >= 15 is 0 Å². The Morgan fingerprint density at radius 2 is 1.82 bits per heavy atom. The van der Waals surface area contributed by atoms with E-state index < -0.39 is 23.7 Å². The van der Waals surface area contributed by atoms with Crippen molar-refractivity contribution < 1.29 is 23.2 Å². The number of fused-ring (bicyclic) bond motifs is 1. The number of hydrogen-bond acceptors (Lipinski definition) is 7. The van der Waals surface area contributed by atoms with Gasteiger partial charge in [0.1, 0.15) is 6.04 Å². The van der Waals surface area contributed by atoms with Gasteiger partial charge in [0.25, 0.3) is 5.91 Å². The van der Waals surface area contributed by atoms with Gasteiger partial charge in [-0.1, -0.05) is 29.8 Å². The molecular formula is C24H19ClN2O7. The fraction of sp³-hybridized carbons (Fsp3) is 0.167. The Hall–Kier alpha value is -4.11. The number of aromatic amines is 1. The van der Waals surface area contributed by atoms with Crippen molar-refractivity contribution in [3.8, 4) is 0 Å². The molecule has 1 amide bonds. The van der Waals surface area contributed by atoms with Crippen molar-refractivity contribution in [2.75, 3.05) is 0 Å². The Kier molecular flexibility index (Phi) is 6.65. The van der Waals surface area contributed by atoms with E-state index in [1.807, 2.05) is 0 Å². The number of nitrogens with one attached hydrogen (secondary N) is 2. The van der Waals surface area contributed by atoms with Crippen LogP contribution in [0.2, 0.25) is 5.02 Å². The van der Waals surface area contributed by atoms with E-state index in [4.69, 9.17) is 25.2 Å². The second-order valence-corrected chi connectivity index (χ2v) is 7.92. The summed E-state index contributed by atoms with van der Waals surface area (Å²) in [6.07, 6.45) is -0.0170. The van der Waals surface area contributed by atoms with Gasteiger partial charge in [-0.05, 0) is 42.8 Å². The molecule has 0 bridgehead atoms. The van der Waals surface area contributed by atoms with Crippen LogP contribution >= 0.6 is 11.6 Å². The van der Waals surface area contributed by atoms with E-state index in [-0.39, 0.29) is 35.7 Å². The minimum Gasteiger partial charge on any atom is -0.456 e. The average Bonchev–Trinajstić information content (AvgIpc) is 3.13. The quantitative estimate of drug-likeness (QED) is 0.387. The monoisotopic (exact) mass is 482 g/mol. The lowest BCUT2D eigenvalue weighted by atomic mass is 10.0. The zero-order valence-electron chi connectivity index (χ0n) is 17.9. The second-order valence-electron chi connectivity index (χ2n) is 7.48. The summed E-state index contributed by atoms with van der Waals surface area (Å²) in [5, 5.41) is 3.83. The number of ether oxygens (including phenoxy) is 1. The van der Waals surface area contributed by atoms with Crippen molar-refractivity contribution in [3.63, 3.8) is 0 Å². The average molecular weight is 483 g/mol. The van der Waals surface area contributed by atoms with Crippen LogP contribution < -0.4 is 16.7 Å². The van der Waals surface area contributed by atoms with Crippen LogP contribution in [0.3, 0.4) is 0 Å². The lowest BCUT2D eigenvalue weighted by molar-refractivity contribution is -0.147. The molecule has 2 heterocycles. The number of H-pyrrole nitrogens is 1. The van der Waals surface area contributed by atoms with E-state index in [2.05, 4.69) is 10.3 Å². The molecule has 2 aromatic carbocycles. The molecule has 2 aromatic heterocycles. The SMILES string of the molecule is Cc1oc(=O)oc1COC(=O)C(Cc1cc(=O)[nH]c2ccccc12)NC(=O)c1ccc(Cl)cc1. The standard InChI is InChI=1S/C24H19ClN2O7/c1-13-20(34-24(31)33-13)12-32-23(30)19(27-22(29)14-6-8-16(25)9-7-14)10-15-11-21(28)26-18-5-3-2-4-17(15)18/h2-9,11,19H,10,12H2,1H3,(H,26,28)(H,27,29). The van der Waals surface area contributed by atoms with Crippen molar-refractivity contribution in [3.05, 3.63) is 103 Å². The van der Waals surface area contributed by atoms with Crippen LogP contribution in [0, 0.1) is 6.92 Å². The lowest BCUT2D eigenvalue weighted by Crippen LogP contribution is -2.43. The molecule has 34 heavy (non-hydrogen) atoms. The number of rotatable bonds is 7. The Bertz CT molecular complexity index is 1470. The highest BCUT2D eigenvalue weighted by atomic mass is 35.5. The first-order valence-corrected chi connectivity index (χ1v) is 10.6. The number of para-hydroxylation sites is 1. The summed E-state index contributed by atoms with van der Waals surface area (Å²) in [6.45, 7) is 1.14.